The van der Waals surface area contributed by atoms with Crippen LogP contribution in [0.2, 0.25) is 0 Å². The molecule has 232 valence electrons. The number of phenols is 5. The molecule has 14 nitrogen and oxygen atoms in total. The molecular formula is C30H28O14. The van der Waals surface area contributed by atoms with Crippen LogP contribution in [-0.2, 0) is 19.0 Å². The Kier molecular flexibility index (Phi) is 8.62. The predicted octanol–water partition coefficient (Wildman–Crippen LogP) is 0.980. The van der Waals surface area contributed by atoms with E-state index in [0.717, 1.165) is 30.3 Å². The zero-order valence-corrected chi connectivity index (χ0v) is 22.6. The van der Waals surface area contributed by atoms with Crippen molar-refractivity contribution in [2.75, 3.05) is 6.61 Å². The average molecular weight is 613 g/mol. The van der Waals surface area contributed by atoms with Crippen molar-refractivity contribution < 1.29 is 69.4 Å². The molecule has 1 saturated heterocycles. The van der Waals surface area contributed by atoms with E-state index in [1.165, 1.54) is 24.3 Å². The van der Waals surface area contributed by atoms with Gasteiger partial charge in [0.05, 0.1) is 0 Å². The number of aliphatic hydroxyl groups excluding tert-OH is 3. The van der Waals surface area contributed by atoms with Gasteiger partial charge < -0.3 is 59.8 Å². The Balaban J connectivity index is 1.36. The normalized spacial score (nSPS) is 26.6. The first-order valence-electron chi connectivity index (χ1n) is 13.2. The summed E-state index contributed by atoms with van der Waals surface area (Å²) in [5.74, 6) is -4.00. The summed E-state index contributed by atoms with van der Waals surface area (Å²) >= 11 is 0. The zero-order chi connectivity index (χ0) is 31.7. The number of esters is 1. The summed E-state index contributed by atoms with van der Waals surface area (Å²) < 4.78 is 22.4. The van der Waals surface area contributed by atoms with Crippen LogP contribution in [0.5, 0.6) is 34.5 Å². The van der Waals surface area contributed by atoms with Crippen LogP contribution in [0, 0.1) is 0 Å². The van der Waals surface area contributed by atoms with Crippen molar-refractivity contribution in [1.29, 1.82) is 0 Å². The SMILES string of the molecule is O=C(/C=C/c1ccc(O)cc1)OC[C@H]1O[C@@H](O[C@H]2C(=O)c3c(O)cc(O)cc3O[C@H]2c2ccc(O)c(O)c2)[C@H](O)[C@@H](O)[C@@H]1O. The highest BCUT2D eigenvalue weighted by molar-refractivity contribution is 6.05. The summed E-state index contributed by atoms with van der Waals surface area (Å²) in [6, 6.07) is 11.4. The van der Waals surface area contributed by atoms with Crippen molar-refractivity contribution in [1.82, 2.24) is 0 Å². The van der Waals surface area contributed by atoms with Crippen LogP contribution in [0.3, 0.4) is 0 Å². The molecule has 0 unspecified atom stereocenters. The molecule has 44 heavy (non-hydrogen) atoms. The number of carbonyl (C=O) groups is 2. The molecule has 0 saturated carbocycles. The molecule has 0 aromatic heterocycles. The minimum atomic E-state index is -1.91. The van der Waals surface area contributed by atoms with E-state index in [2.05, 4.69) is 0 Å². The second-order valence-electron chi connectivity index (χ2n) is 10.1. The van der Waals surface area contributed by atoms with Gasteiger partial charge >= 0.3 is 5.97 Å². The van der Waals surface area contributed by atoms with E-state index in [1.54, 1.807) is 12.1 Å². The highest BCUT2D eigenvalue weighted by Gasteiger charge is 2.49. The van der Waals surface area contributed by atoms with Crippen molar-refractivity contribution in [2.45, 2.75) is 42.9 Å². The van der Waals surface area contributed by atoms with Crippen molar-refractivity contribution in [3.63, 3.8) is 0 Å². The zero-order valence-electron chi connectivity index (χ0n) is 22.6. The number of fused-ring (bicyclic) bond motifs is 1. The maximum atomic E-state index is 13.6. The molecule has 2 aliphatic rings. The fourth-order valence-corrected chi connectivity index (χ4v) is 4.77. The molecule has 14 heteroatoms. The highest BCUT2D eigenvalue weighted by Crippen LogP contribution is 2.44. The van der Waals surface area contributed by atoms with E-state index in [1.807, 2.05) is 0 Å². The molecule has 8 N–H and O–H groups in total. The van der Waals surface area contributed by atoms with Gasteiger partial charge in [-0.1, -0.05) is 18.2 Å². The fraction of sp³-hybridized carbons (Fsp3) is 0.267. The van der Waals surface area contributed by atoms with Crippen molar-refractivity contribution in [3.05, 3.63) is 77.4 Å². The van der Waals surface area contributed by atoms with E-state index >= 15 is 0 Å². The third-order valence-corrected chi connectivity index (χ3v) is 7.07. The maximum absolute atomic E-state index is 13.6. The summed E-state index contributed by atoms with van der Waals surface area (Å²) in [6.07, 6.45) is -9.39. The summed E-state index contributed by atoms with van der Waals surface area (Å²) in [6.45, 7) is -0.600. The van der Waals surface area contributed by atoms with E-state index in [9.17, 15) is 50.4 Å². The Morgan fingerprint density at radius 3 is 2.25 bits per heavy atom. The Labute approximate surface area is 248 Å². The highest BCUT2D eigenvalue weighted by atomic mass is 16.7. The smallest absolute Gasteiger partial charge is 0.330 e. The summed E-state index contributed by atoms with van der Waals surface area (Å²) in [5.41, 5.74) is 0.312. The van der Waals surface area contributed by atoms with Crippen LogP contribution in [0.4, 0.5) is 0 Å². The third kappa shape index (κ3) is 6.24. The lowest BCUT2D eigenvalue weighted by Gasteiger charge is -2.42. The number of Topliss-reactive ketones (excluding diaryl/α,β-unsaturated/α-hetero) is 1. The van der Waals surface area contributed by atoms with Crippen molar-refractivity contribution in [2.24, 2.45) is 0 Å². The molecular weight excluding hydrogens is 584 g/mol. The van der Waals surface area contributed by atoms with E-state index in [4.69, 9.17) is 18.9 Å². The van der Waals surface area contributed by atoms with Gasteiger partial charge in [-0.15, -0.1) is 0 Å². The number of hydrogen-bond donors (Lipinski definition) is 8. The van der Waals surface area contributed by atoms with Gasteiger partial charge in [-0.05, 0) is 41.5 Å². The number of phenolic OH excluding ortho intramolecular Hbond substituents is 5. The van der Waals surface area contributed by atoms with Gasteiger partial charge in [0.15, 0.2) is 30.0 Å². The minimum Gasteiger partial charge on any atom is -0.508 e. The summed E-state index contributed by atoms with van der Waals surface area (Å²) in [4.78, 5) is 25.9. The number of aliphatic hydroxyl groups is 3. The topological polar surface area (TPSA) is 233 Å². The number of carbonyl (C=O) groups excluding carboxylic acids is 2. The van der Waals surface area contributed by atoms with Gasteiger partial charge in [-0.25, -0.2) is 4.79 Å². The van der Waals surface area contributed by atoms with Crippen molar-refractivity contribution in [3.8, 4) is 34.5 Å². The van der Waals surface area contributed by atoms with Crippen LogP contribution < -0.4 is 4.74 Å². The Hall–Kier alpha value is -4.86. The van der Waals surface area contributed by atoms with Crippen molar-refractivity contribution >= 4 is 17.8 Å². The molecule has 0 spiro atoms. The lowest BCUT2D eigenvalue weighted by Crippen LogP contribution is -2.60. The molecule has 2 heterocycles. The summed E-state index contributed by atoms with van der Waals surface area (Å²) in [5, 5.41) is 81.1. The van der Waals surface area contributed by atoms with Gasteiger partial charge in [-0.3, -0.25) is 4.79 Å². The van der Waals surface area contributed by atoms with E-state index in [0.29, 0.717) is 5.56 Å². The van der Waals surface area contributed by atoms with E-state index in [-0.39, 0.29) is 22.6 Å². The second-order valence-corrected chi connectivity index (χ2v) is 10.1. The largest absolute Gasteiger partial charge is 0.508 e. The Morgan fingerprint density at radius 2 is 1.55 bits per heavy atom. The molecule has 1 fully saturated rings. The van der Waals surface area contributed by atoms with Gasteiger partial charge in [-0.2, -0.15) is 0 Å². The number of rotatable bonds is 7. The molecule has 5 rings (SSSR count). The molecule has 0 aliphatic carbocycles. The summed E-state index contributed by atoms with van der Waals surface area (Å²) in [7, 11) is 0. The number of aromatic hydroxyl groups is 5. The number of ether oxygens (including phenoxy) is 4. The van der Waals surface area contributed by atoms with Gasteiger partial charge in [0.1, 0.15) is 59.6 Å². The monoisotopic (exact) mass is 612 g/mol. The van der Waals surface area contributed by atoms with Gasteiger partial charge in [0, 0.05) is 18.2 Å². The molecule has 0 bridgehead atoms. The first-order chi connectivity index (χ1) is 20.9. The first-order valence-corrected chi connectivity index (χ1v) is 13.2. The molecule has 7 atom stereocenters. The predicted molar refractivity (Wildman–Crippen MR) is 147 cm³/mol. The molecule has 2 aliphatic heterocycles. The van der Waals surface area contributed by atoms with E-state index < -0.39 is 84.3 Å². The molecule has 3 aromatic carbocycles. The lowest BCUT2D eigenvalue weighted by molar-refractivity contribution is -0.312. The Bertz CT molecular complexity index is 1570. The fourth-order valence-electron chi connectivity index (χ4n) is 4.77. The maximum Gasteiger partial charge on any atom is 0.330 e. The van der Waals surface area contributed by atoms with Crippen LogP contribution in [0.1, 0.15) is 27.6 Å². The minimum absolute atomic E-state index is 0.0417. The van der Waals surface area contributed by atoms with Crippen LogP contribution in [0.15, 0.2) is 60.7 Å². The Morgan fingerprint density at radius 1 is 0.818 bits per heavy atom. The number of hydrogen-bond acceptors (Lipinski definition) is 14. The standard InChI is InChI=1S/C30H28O14/c31-15-5-1-13(2-6-15)3-8-22(36)41-12-21-24(37)26(39)27(40)30(43-21)44-29-25(38)23-19(35)10-16(32)11-20(23)42-28(29)14-4-7-17(33)18(34)9-14/h1-11,21,24,26-35,37,39-40H,12H2/b8-3+/t21-,24-,26+,27-,28+,29+,30+/m1/s1. The first kappa shape index (κ1) is 30.6. The molecule has 3 aromatic rings. The van der Waals surface area contributed by atoms with Gasteiger partial charge in [0.2, 0.25) is 5.78 Å². The third-order valence-electron chi connectivity index (χ3n) is 7.07. The van der Waals surface area contributed by atoms with Gasteiger partial charge in [0.25, 0.3) is 0 Å². The number of benzene rings is 3. The molecule has 0 radical (unpaired) electrons. The second kappa shape index (κ2) is 12.4. The van der Waals surface area contributed by atoms with Crippen LogP contribution in [0.25, 0.3) is 6.08 Å². The average Bonchev–Trinajstić information content (AvgIpc) is 2.98. The lowest BCUT2D eigenvalue weighted by atomic mass is 9.92. The quantitative estimate of drug-likeness (QED) is 0.106. The molecule has 0 amide bonds. The van der Waals surface area contributed by atoms with Crippen LogP contribution >= 0.6 is 0 Å². The number of ketones is 1. The van der Waals surface area contributed by atoms with Crippen LogP contribution in [-0.4, -0.2) is 96.0 Å².